The first-order valence-corrected chi connectivity index (χ1v) is 14.6. The van der Waals surface area contributed by atoms with E-state index in [2.05, 4.69) is 6.07 Å². The van der Waals surface area contributed by atoms with Gasteiger partial charge in [-0.1, -0.05) is 35.3 Å². The third-order valence-corrected chi connectivity index (χ3v) is 8.81. The van der Waals surface area contributed by atoms with Crippen molar-refractivity contribution in [3.8, 4) is 6.07 Å². The maximum absolute atomic E-state index is 14.4. The van der Waals surface area contributed by atoms with Crippen LogP contribution in [-0.2, 0) is 19.7 Å². The summed E-state index contributed by atoms with van der Waals surface area (Å²) in [6.45, 7) is 2.61. The van der Waals surface area contributed by atoms with Crippen LogP contribution in [0.2, 0.25) is 10.0 Å². The van der Waals surface area contributed by atoms with Gasteiger partial charge in [-0.3, -0.25) is 4.79 Å². The summed E-state index contributed by atoms with van der Waals surface area (Å²) in [5.41, 5.74) is 0.412. The van der Waals surface area contributed by atoms with Crippen molar-refractivity contribution < 1.29 is 23.9 Å². The maximum Gasteiger partial charge on any atom is 0.331 e. The first-order valence-electron chi connectivity index (χ1n) is 13.9. The largest absolute Gasteiger partial charge is 0.464 e. The Kier molecular flexibility index (Phi) is 8.35. The lowest BCUT2D eigenvalue weighted by molar-refractivity contribution is -0.149. The fourth-order valence-electron chi connectivity index (χ4n) is 6.43. The molecule has 0 saturated carbocycles. The molecule has 5 rings (SSSR count). The number of fused-ring (bicyclic) bond motifs is 1. The van der Waals surface area contributed by atoms with E-state index in [4.69, 9.17) is 27.9 Å². The number of carbonyl (C=O) groups excluding carboxylic acids is 4. The van der Waals surface area contributed by atoms with E-state index >= 15 is 0 Å². The number of rotatable bonds is 4. The predicted molar refractivity (Wildman–Crippen MR) is 156 cm³/mol. The Balaban J connectivity index is 1.58. The van der Waals surface area contributed by atoms with Crippen LogP contribution < -0.4 is 4.90 Å². The van der Waals surface area contributed by atoms with Crippen molar-refractivity contribution in [1.29, 1.82) is 5.26 Å². The molecule has 2 aromatic rings. The van der Waals surface area contributed by atoms with Crippen LogP contribution in [0.5, 0.6) is 0 Å². The molecule has 3 saturated heterocycles. The van der Waals surface area contributed by atoms with Crippen LogP contribution in [0.25, 0.3) is 0 Å². The number of halogens is 2. The van der Waals surface area contributed by atoms with Crippen molar-refractivity contribution in [2.75, 3.05) is 44.7 Å². The first-order chi connectivity index (χ1) is 20.1. The number of carbonyl (C=O) groups is 4. The number of hydrogen-bond acceptors (Lipinski definition) is 6. The molecule has 3 atom stereocenters. The Morgan fingerprint density at radius 1 is 1.07 bits per heavy atom. The van der Waals surface area contributed by atoms with Gasteiger partial charge in [0.05, 0.1) is 29.8 Å². The van der Waals surface area contributed by atoms with Gasteiger partial charge in [0, 0.05) is 48.7 Å². The van der Waals surface area contributed by atoms with Crippen LogP contribution in [0, 0.1) is 17.2 Å². The zero-order valence-electron chi connectivity index (χ0n) is 23.4. The van der Waals surface area contributed by atoms with Gasteiger partial charge >= 0.3 is 18.0 Å². The summed E-state index contributed by atoms with van der Waals surface area (Å²) in [6, 6.07) is 11.9. The molecule has 0 aliphatic carbocycles. The summed E-state index contributed by atoms with van der Waals surface area (Å²) < 4.78 is 5.27. The van der Waals surface area contributed by atoms with Gasteiger partial charge in [-0.15, -0.1) is 0 Å². The van der Waals surface area contributed by atoms with Crippen LogP contribution in [0.4, 0.5) is 15.3 Å². The highest BCUT2D eigenvalue weighted by atomic mass is 35.5. The van der Waals surface area contributed by atoms with Gasteiger partial charge in [0.15, 0.2) is 0 Å². The summed E-state index contributed by atoms with van der Waals surface area (Å²) in [4.78, 5) is 60.6. The second kappa shape index (κ2) is 11.8. The van der Waals surface area contributed by atoms with Crippen molar-refractivity contribution in [1.82, 2.24) is 14.7 Å². The monoisotopic (exact) mass is 611 g/mol. The van der Waals surface area contributed by atoms with Crippen molar-refractivity contribution in [2.24, 2.45) is 5.92 Å². The molecule has 0 spiro atoms. The highest BCUT2D eigenvalue weighted by Crippen LogP contribution is 2.45. The molecule has 3 heterocycles. The van der Waals surface area contributed by atoms with E-state index in [0.717, 1.165) is 23.3 Å². The molecule has 3 fully saturated rings. The summed E-state index contributed by atoms with van der Waals surface area (Å²) in [5.74, 6) is -1.76. The summed E-state index contributed by atoms with van der Waals surface area (Å²) in [6.07, 6.45) is 2.05. The normalized spacial score (nSPS) is 24.3. The van der Waals surface area contributed by atoms with E-state index in [1.165, 1.54) is 23.1 Å². The van der Waals surface area contributed by atoms with Crippen molar-refractivity contribution in [3.05, 3.63) is 63.6 Å². The number of likely N-dealkylation sites (N-methyl/N-ethyl adjacent to an activating group) is 1. The number of amides is 5. The highest BCUT2D eigenvalue weighted by molar-refractivity contribution is 6.35. The van der Waals surface area contributed by atoms with E-state index in [9.17, 15) is 24.4 Å². The SMILES string of the molecule is CCOC(=O)C1CCCCN1C(=O)N1C[C@H]2C(=O)N(c3cc(Cl)cc(Cl)c3)C(=O)N(C)C[C@@]2(c2ccc(C#N)cc2)C1. The number of esters is 1. The minimum Gasteiger partial charge on any atom is -0.464 e. The van der Waals surface area contributed by atoms with E-state index < -0.39 is 35.3 Å². The average molecular weight is 613 g/mol. The number of anilines is 1. The third kappa shape index (κ3) is 5.27. The van der Waals surface area contributed by atoms with Gasteiger partial charge in [0.2, 0.25) is 5.91 Å². The molecular formula is C30H31Cl2N5O5. The summed E-state index contributed by atoms with van der Waals surface area (Å²) >= 11 is 12.5. The van der Waals surface area contributed by atoms with Crippen molar-refractivity contribution >= 4 is 52.8 Å². The predicted octanol–water partition coefficient (Wildman–Crippen LogP) is 4.67. The minimum absolute atomic E-state index is 0.0234. The number of imide groups is 1. The van der Waals surface area contributed by atoms with Crippen LogP contribution in [0.1, 0.15) is 37.3 Å². The zero-order valence-corrected chi connectivity index (χ0v) is 24.9. The van der Waals surface area contributed by atoms with E-state index in [0.29, 0.717) is 18.5 Å². The zero-order chi connectivity index (χ0) is 30.2. The lowest BCUT2D eigenvalue weighted by Crippen LogP contribution is -2.54. The third-order valence-electron chi connectivity index (χ3n) is 8.37. The van der Waals surface area contributed by atoms with Gasteiger partial charge in [-0.25, -0.2) is 19.3 Å². The second-order valence-electron chi connectivity index (χ2n) is 11.0. The van der Waals surface area contributed by atoms with Gasteiger partial charge in [0.1, 0.15) is 6.04 Å². The Morgan fingerprint density at radius 2 is 1.76 bits per heavy atom. The first kappa shape index (κ1) is 29.7. The number of urea groups is 2. The molecular weight excluding hydrogens is 581 g/mol. The Morgan fingerprint density at radius 3 is 2.40 bits per heavy atom. The maximum atomic E-state index is 14.4. The van der Waals surface area contributed by atoms with E-state index in [-0.39, 0.29) is 48.0 Å². The molecule has 5 amide bonds. The van der Waals surface area contributed by atoms with Crippen LogP contribution in [0.15, 0.2) is 42.5 Å². The molecule has 12 heteroatoms. The quantitative estimate of drug-likeness (QED) is 0.464. The van der Waals surface area contributed by atoms with Gasteiger partial charge in [-0.05, 0) is 62.1 Å². The number of piperidine rings is 1. The molecule has 1 unspecified atom stereocenters. The molecule has 10 nitrogen and oxygen atoms in total. The lowest BCUT2D eigenvalue weighted by Gasteiger charge is -2.38. The minimum atomic E-state index is -0.989. The van der Waals surface area contributed by atoms with Crippen molar-refractivity contribution in [2.45, 2.75) is 37.6 Å². The number of benzene rings is 2. The Hall–Kier alpha value is -3.81. The smallest absolute Gasteiger partial charge is 0.331 e. The van der Waals surface area contributed by atoms with Crippen LogP contribution in [-0.4, -0.2) is 84.5 Å². The molecule has 3 aliphatic rings. The summed E-state index contributed by atoms with van der Waals surface area (Å²) in [7, 11) is 1.61. The number of nitrogens with zero attached hydrogens (tertiary/aromatic N) is 5. The molecule has 0 N–H and O–H groups in total. The molecule has 0 radical (unpaired) electrons. The lowest BCUT2D eigenvalue weighted by atomic mass is 9.71. The fraction of sp³-hybridized carbons (Fsp3) is 0.433. The molecule has 0 bridgehead atoms. The van der Waals surface area contributed by atoms with Gasteiger partial charge in [-0.2, -0.15) is 5.26 Å². The number of nitriles is 1. The molecule has 42 heavy (non-hydrogen) atoms. The highest BCUT2D eigenvalue weighted by Gasteiger charge is 2.58. The number of hydrogen-bond donors (Lipinski definition) is 0. The number of likely N-dealkylation sites (tertiary alicyclic amines) is 2. The Bertz CT molecular complexity index is 1440. The van der Waals surface area contributed by atoms with E-state index in [1.54, 1.807) is 48.0 Å². The van der Waals surface area contributed by atoms with Gasteiger partial charge < -0.3 is 19.4 Å². The molecule has 3 aliphatic heterocycles. The molecule has 220 valence electrons. The summed E-state index contributed by atoms with van der Waals surface area (Å²) in [5, 5.41) is 9.91. The standard InChI is InChI=1S/C30H31Cl2N5O5/c1-3-42-27(39)25-6-4-5-11-36(25)29(41)35-16-24-26(38)37(23-13-21(31)12-22(32)14-23)28(40)34(2)17-30(24,18-35)20-9-7-19(15-33)8-10-20/h7-10,12-14,24-25H,3-6,11,16-18H2,1-2H3/t24-,25?,30-/m0/s1. The topological polar surface area (TPSA) is 114 Å². The Labute approximate surface area is 254 Å². The second-order valence-corrected chi connectivity index (χ2v) is 11.8. The van der Waals surface area contributed by atoms with E-state index in [1.807, 2.05) is 0 Å². The molecule has 2 aromatic carbocycles. The van der Waals surface area contributed by atoms with Crippen LogP contribution in [0.3, 0.4) is 0 Å². The number of ether oxygens (including phenoxy) is 1. The van der Waals surface area contributed by atoms with Crippen molar-refractivity contribution in [3.63, 3.8) is 0 Å². The van der Waals surface area contributed by atoms with Gasteiger partial charge in [0.25, 0.3) is 0 Å². The average Bonchev–Trinajstić information content (AvgIpc) is 3.33. The molecule has 0 aromatic heterocycles. The van der Waals surface area contributed by atoms with Crippen LogP contribution >= 0.6 is 23.2 Å². The fourth-order valence-corrected chi connectivity index (χ4v) is 6.95.